The molecular weight excluding hydrogens is 210 g/mol. The zero-order chi connectivity index (χ0) is 11.6. The molecule has 0 aromatic carbocycles. The van der Waals surface area contributed by atoms with Gasteiger partial charge in [-0.2, -0.15) is 0 Å². The zero-order valence-electron chi connectivity index (χ0n) is 10.3. The van der Waals surface area contributed by atoms with E-state index in [1.54, 1.807) is 0 Å². The molecule has 0 aromatic heterocycles. The van der Waals surface area contributed by atoms with E-state index in [0.717, 1.165) is 6.42 Å². The summed E-state index contributed by atoms with van der Waals surface area (Å²) in [6, 6.07) is 0. The van der Waals surface area contributed by atoms with Crippen LogP contribution in [-0.2, 0) is 4.74 Å². The Morgan fingerprint density at radius 3 is 2.27 bits per heavy atom. The fraction of sp³-hybridized carbons (Fsp3) is 1.00. The predicted molar refractivity (Wildman–Crippen MR) is 65.6 cm³/mol. The molecule has 0 bridgehead atoms. The van der Waals surface area contributed by atoms with Crippen molar-refractivity contribution < 1.29 is 9.13 Å². The third-order valence-corrected chi connectivity index (χ3v) is 4.68. The molecule has 1 aliphatic rings. The molecule has 4 atom stereocenters. The molecule has 1 rings (SSSR count). The lowest BCUT2D eigenvalue weighted by Crippen LogP contribution is -2.49. The summed E-state index contributed by atoms with van der Waals surface area (Å²) >= 11 is 0. The first-order chi connectivity index (χ1) is 6.93. The van der Waals surface area contributed by atoms with Crippen LogP contribution >= 0.6 is 9.24 Å². The van der Waals surface area contributed by atoms with Crippen molar-refractivity contribution in [2.75, 3.05) is 13.2 Å². The van der Waals surface area contributed by atoms with Gasteiger partial charge in [-0.05, 0) is 24.2 Å². The van der Waals surface area contributed by atoms with Crippen molar-refractivity contribution in [2.45, 2.75) is 40.0 Å². The molecule has 0 radical (unpaired) electrons. The molecule has 0 spiro atoms. The Bertz CT molecular complexity index is 196. The number of alkyl halides is 1. The summed E-state index contributed by atoms with van der Waals surface area (Å²) in [5.74, 6) is 0.348. The lowest BCUT2D eigenvalue weighted by atomic mass is 9.62. The maximum atomic E-state index is 14.0. The highest BCUT2D eigenvalue weighted by atomic mass is 31.0. The molecule has 2 unspecified atom stereocenters. The third kappa shape index (κ3) is 2.36. The quantitative estimate of drug-likeness (QED) is 0.679. The lowest BCUT2D eigenvalue weighted by molar-refractivity contribution is -0.104. The van der Waals surface area contributed by atoms with Gasteiger partial charge in [0.2, 0.25) is 0 Å². The second-order valence-electron chi connectivity index (χ2n) is 5.34. The van der Waals surface area contributed by atoms with E-state index in [9.17, 15) is 4.39 Å². The van der Waals surface area contributed by atoms with E-state index in [1.807, 2.05) is 0 Å². The minimum atomic E-state index is -0.825. The fourth-order valence-corrected chi connectivity index (χ4v) is 3.79. The zero-order valence-corrected chi connectivity index (χ0v) is 11.4. The van der Waals surface area contributed by atoms with Crippen LogP contribution in [-0.4, -0.2) is 19.1 Å². The Morgan fingerprint density at radius 2 is 1.93 bits per heavy atom. The first kappa shape index (κ1) is 13.4. The smallest absolute Gasteiger partial charge is 0.119 e. The van der Waals surface area contributed by atoms with Crippen molar-refractivity contribution in [3.05, 3.63) is 0 Å². The van der Waals surface area contributed by atoms with Crippen molar-refractivity contribution in [1.29, 1.82) is 0 Å². The summed E-state index contributed by atoms with van der Waals surface area (Å²) in [6.45, 7) is 10.0. The molecule has 90 valence electrons. The van der Waals surface area contributed by atoms with Crippen LogP contribution in [0.1, 0.15) is 34.1 Å². The lowest BCUT2D eigenvalue weighted by Gasteiger charge is -2.50. The maximum Gasteiger partial charge on any atom is 0.119 e. The molecule has 0 aromatic rings. The van der Waals surface area contributed by atoms with Gasteiger partial charge < -0.3 is 4.74 Å². The van der Waals surface area contributed by atoms with Gasteiger partial charge in [-0.1, -0.05) is 27.7 Å². The summed E-state index contributed by atoms with van der Waals surface area (Å²) in [4.78, 5) is 0. The summed E-state index contributed by atoms with van der Waals surface area (Å²) in [7, 11) is 2.37. The molecule has 1 aliphatic heterocycles. The molecule has 0 aliphatic carbocycles. The average molecular weight is 234 g/mol. The van der Waals surface area contributed by atoms with Crippen LogP contribution < -0.4 is 0 Å². The molecule has 0 N–H and O–H groups in total. The van der Waals surface area contributed by atoms with Gasteiger partial charge in [0.25, 0.3) is 0 Å². The van der Waals surface area contributed by atoms with E-state index < -0.39 is 5.91 Å². The molecule has 1 heterocycles. The van der Waals surface area contributed by atoms with Gasteiger partial charge in [-0.3, -0.25) is 0 Å². The molecule has 3 heteroatoms. The van der Waals surface area contributed by atoms with Gasteiger partial charge in [0.05, 0.1) is 6.61 Å². The third-order valence-electron chi connectivity index (χ3n) is 4.06. The Hall–Kier alpha value is 0.320. The van der Waals surface area contributed by atoms with Gasteiger partial charge in [-0.15, -0.1) is 9.24 Å². The monoisotopic (exact) mass is 234 g/mol. The van der Waals surface area contributed by atoms with Crippen molar-refractivity contribution in [3.63, 3.8) is 0 Å². The summed E-state index contributed by atoms with van der Waals surface area (Å²) in [5, 5.41) is 0. The van der Waals surface area contributed by atoms with Crippen LogP contribution in [0.2, 0.25) is 0 Å². The van der Waals surface area contributed by atoms with Crippen molar-refractivity contribution in [2.24, 2.45) is 23.2 Å². The first-order valence-corrected chi connectivity index (χ1v) is 6.57. The number of hydrogen-bond acceptors (Lipinski definition) is 1. The van der Waals surface area contributed by atoms with Crippen LogP contribution in [0.5, 0.6) is 0 Å². The summed E-state index contributed by atoms with van der Waals surface area (Å²) in [6.07, 6.45) is 0.845. The van der Waals surface area contributed by atoms with Crippen molar-refractivity contribution in [3.8, 4) is 0 Å². The second-order valence-corrected chi connectivity index (χ2v) is 5.93. The Morgan fingerprint density at radius 1 is 1.33 bits per heavy atom. The summed E-state index contributed by atoms with van der Waals surface area (Å²) in [5.41, 5.74) is -0.211. The van der Waals surface area contributed by atoms with E-state index in [-0.39, 0.29) is 5.41 Å². The van der Waals surface area contributed by atoms with Crippen LogP contribution in [0.3, 0.4) is 0 Å². The number of hydrogen-bond donors (Lipinski definition) is 0. The standard InChI is InChI=1S/C12H24FOP/c1-8(2)10-7-14-6-5-12(10,9(3)4)11(13)15/h8-11H,5-7,15H2,1-4H3/t10-,11?,12-/m1/s1. The molecular formula is C12H24FOP. The van der Waals surface area contributed by atoms with Crippen LogP contribution in [0.4, 0.5) is 4.39 Å². The van der Waals surface area contributed by atoms with E-state index in [2.05, 4.69) is 36.9 Å². The van der Waals surface area contributed by atoms with Gasteiger partial charge in [0, 0.05) is 12.0 Å². The minimum Gasteiger partial charge on any atom is -0.381 e. The minimum absolute atomic E-state index is 0.211. The van der Waals surface area contributed by atoms with E-state index >= 15 is 0 Å². The highest BCUT2D eigenvalue weighted by molar-refractivity contribution is 7.17. The summed E-state index contributed by atoms with van der Waals surface area (Å²) < 4.78 is 19.5. The van der Waals surface area contributed by atoms with Gasteiger partial charge in [-0.25, -0.2) is 4.39 Å². The molecule has 1 nitrogen and oxygen atoms in total. The number of rotatable bonds is 3. The molecule has 0 saturated carbocycles. The van der Waals surface area contributed by atoms with Crippen LogP contribution in [0, 0.1) is 23.2 Å². The maximum absolute atomic E-state index is 14.0. The Balaban J connectivity index is 2.99. The van der Waals surface area contributed by atoms with Gasteiger partial charge in [0.15, 0.2) is 0 Å². The van der Waals surface area contributed by atoms with E-state index in [1.165, 1.54) is 0 Å². The average Bonchev–Trinajstić information content (AvgIpc) is 2.16. The van der Waals surface area contributed by atoms with Crippen molar-refractivity contribution in [1.82, 2.24) is 0 Å². The van der Waals surface area contributed by atoms with Crippen LogP contribution in [0.25, 0.3) is 0 Å². The second kappa shape index (κ2) is 5.10. The normalized spacial score (nSPS) is 34.8. The highest BCUT2D eigenvalue weighted by Crippen LogP contribution is 2.51. The largest absolute Gasteiger partial charge is 0.381 e. The first-order valence-electron chi connectivity index (χ1n) is 5.90. The number of halogens is 1. The number of ether oxygens (including phenoxy) is 1. The highest BCUT2D eigenvalue weighted by Gasteiger charge is 2.49. The van der Waals surface area contributed by atoms with Gasteiger partial charge >= 0.3 is 0 Å². The van der Waals surface area contributed by atoms with Crippen molar-refractivity contribution >= 4 is 9.24 Å². The van der Waals surface area contributed by atoms with Gasteiger partial charge in [0.1, 0.15) is 5.91 Å². The predicted octanol–water partition coefficient (Wildman–Crippen LogP) is 3.49. The molecule has 1 saturated heterocycles. The molecule has 15 heavy (non-hydrogen) atoms. The SMILES string of the molecule is CC(C)[C@H]1COCC[C@]1(C(C)C)C(F)P. The van der Waals surface area contributed by atoms with Crippen LogP contribution in [0.15, 0.2) is 0 Å². The van der Waals surface area contributed by atoms with E-state index in [4.69, 9.17) is 4.74 Å². The topological polar surface area (TPSA) is 9.23 Å². The Labute approximate surface area is 95.4 Å². The van der Waals surface area contributed by atoms with E-state index in [0.29, 0.717) is 31.0 Å². The molecule has 1 fully saturated rings. The Kier molecular flexibility index (Phi) is 4.55. The fourth-order valence-electron chi connectivity index (χ4n) is 2.99. The molecule has 0 amide bonds.